The first-order valence-corrected chi connectivity index (χ1v) is 15.3. The minimum absolute atomic E-state index is 0.0181. The lowest BCUT2D eigenvalue weighted by Gasteiger charge is -2.24. The molecular weight excluding hydrogens is 551 g/mol. The Morgan fingerprint density at radius 3 is 2.62 bits per heavy atom. The molecule has 2 aliphatic rings. The van der Waals surface area contributed by atoms with Gasteiger partial charge in [-0.1, -0.05) is 60.7 Å². The van der Waals surface area contributed by atoms with Crippen molar-refractivity contribution in [1.29, 1.82) is 0 Å². The Morgan fingerprint density at radius 1 is 1.07 bits per heavy atom. The number of fused-ring (bicyclic) bond motifs is 1. The highest BCUT2D eigenvalue weighted by molar-refractivity contribution is 8.00. The second-order valence-corrected chi connectivity index (χ2v) is 11.8. The van der Waals surface area contributed by atoms with Crippen molar-refractivity contribution in [3.63, 3.8) is 0 Å². The fourth-order valence-electron chi connectivity index (χ4n) is 5.63. The van der Waals surface area contributed by atoms with Gasteiger partial charge in [-0.3, -0.25) is 14.5 Å². The van der Waals surface area contributed by atoms with Crippen LogP contribution in [-0.2, 0) is 14.3 Å². The maximum Gasteiger partial charge on any atom is 0.240 e. The number of aryl methyl sites for hydroxylation is 1. The number of carbonyl (C=O) groups is 2. The summed E-state index contributed by atoms with van der Waals surface area (Å²) in [6.45, 7) is 4.94. The number of benzene rings is 3. The molecule has 3 heterocycles. The number of hydrogen-bond donors (Lipinski definition) is 1. The molecular formula is C33H33FN4O3S. The molecule has 3 aromatic carbocycles. The number of nitrogens with zero attached hydrogens (tertiary/aromatic N) is 3. The van der Waals surface area contributed by atoms with Gasteiger partial charge in [0.05, 0.1) is 28.5 Å². The number of halogens is 1. The van der Waals surface area contributed by atoms with Crippen LogP contribution in [0.3, 0.4) is 0 Å². The van der Waals surface area contributed by atoms with Crippen LogP contribution < -0.4 is 10.2 Å². The predicted octanol–water partition coefficient (Wildman–Crippen LogP) is 5.76. The molecule has 2 aliphatic heterocycles. The van der Waals surface area contributed by atoms with Gasteiger partial charge in [0.15, 0.2) is 0 Å². The number of carbonyl (C=O) groups excluding carboxylic acids is 2. The zero-order chi connectivity index (χ0) is 29.2. The van der Waals surface area contributed by atoms with Crippen LogP contribution in [0.4, 0.5) is 10.2 Å². The van der Waals surface area contributed by atoms with Crippen molar-refractivity contribution in [2.24, 2.45) is 0 Å². The van der Waals surface area contributed by atoms with Crippen molar-refractivity contribution < 1.29 is 18.7 Å². The number of hydrogen-bond acceptors (Lipinski definition) is 5. The maximum atomic E-state index is 15.4. The molecule has 1 N–H and O–H groups in total. The summed E-state index contributed by atoms with van der Waals surface area (Å²) in [5.74, 6) is -0.312. The van der Waals surface area contributed by atoms with E-state index in [1.54, 1.807) is 22.9 Å². The van der Waals surface area contributed by atoms with Crippen LogP contribution in [0.5, 0.6) is 0 Å². The number of ether oxygens (including phenoxy) is 1. The van der Waals surface area contributed by atoms with Crippen LogP contribution >= 0.6 is 11.8 Å². The van der Waals surface area contributed by atoms with E-state index in [-0.39, 0.29) is 36.0 Å². The summed E-state index contributed by atoms with van der Waals surface area (Å²) in [6.07, 6.45) is 1.85. The van der Waals surface area contributed by atoms with Gasteiger partial charge in [-0.05, 0) is 49.9 Å². The monoisotopic (exact) mass is 584 g/mol. The standard InChI is InChI=1S/C33H33FN4O3S/c1-21-10-8-16-27(22(21)2)38-33-30(31(36-38)23-11-4-3-5-12-23)32(25-14-6-7-15-26(25)34)42-20-29(40)37(33)19-28(39)35-18-24-13-9-17-41-24/h3-8,10-12,14-16,24,32H,9,13,17-20H2,1-2H3,(H,35,39). The van der Waals surface area contributed by atoms with E-state index >= 15 is 4.39 Å². The molecule has 1 fully saturated rings. The third-order valence-electron chi connectivity index (χ3n) is 7.98. The van der Waals surface area contributed by atoms with Crippen molar-refractivity contribution in [1.82, 2.24) is 15.1 Å². The lowest BCUT2D eigenvalue weighted by molar-refractivity contribution is -0.123. The number of nitrogens with one attached hydrogen (secondary N) is 1. The summed E-state index contributed by atoms with van der Waals surface area (Å²) in [7, 11) is 0. The molecule has 0 radical (unpaired) electrons. The molecule has 2 unspecified atom stereocenters. The minimum atomic E-state index is -0.529. The van der Waals surface area contributed by atoms with Crippen LogP contribution in [-0.4, -0.2) is 53.1 Å². The average molecular weight is 585 g/mol. The van der Waals surface area contributed by atoms with E-state index < -0.39 is 5.25 Å². The lowest BCUT2D eigenvalue weighted by Crippen LogP contribution is -2.44. The van der Waals surface area contributed by atoms with E-state index in [2.05, 4.69) is 5.32 Å². The quantitative estimate of drug-likeness (QED) is 0.299. The van der Waals surface area contributed by atoms with E-state index in [4.69, 9.17) is 9.84 Å². The summed E-state index contributed by atoms with van der Waals surface area (Å²) in [5, 5.41) is 7.55. The summed E-state index contributed by atoms with van der Waals surface area (Å²) in [6, 6.07) is 22.3. The van der Waals surface area contributed by atoms with Gasteiger partial charge in [-0.25, -0.2) is 9.07 Å². The first kappa shape index (κ1) is 28.2. The van der Waals surface area contributed by atoms with Gasteiger partial charge in [0.2, 0.25) is 11.8 Å². The van der Waals surface area contributed by atoms with Crippen molar-refractivity contribution in [2.75, 3.05) is 30.3 Å². The molecule has 6 rings (SSSR count). The zero-order valence-electron chi connectivity index (χ0n) is 23.7. The zero-order valence-corrected chi connectivity index (χ0v) is 24.5. The highest BCUT2D eigenvalue weighted by Gasteiger charge is 2.38. The minimum Gasteiger partial charge on any atom is -0.376 e. The van der Waals surface area contributed by atoms with Gasteiger partial charge in [0.25, 0.3) is 0 Å². The van der Waals surface area contributed by atoms with Gasteiger partial charge >= 0.3 is 0 Å². The first-order valence-electron chi connectivity index (χ1n) is 14.2. The average Bonchev–Trinajstić information content (AvgIpc) is 3.63. The number of thioether (sulfide) groups is 1. The highest BCUT2D eigenvalue weighted by atomic mass is 32.2. The summed E-state index contributed by atoms with van der Waals surface area (Å²) >= 11 is 1.36. The van der Waals surface area contributed by atoms with E-state index in [0.717, 1.165) is 35.2 Å². The van der Waals surface area contributed by atoms with E-state index in [9.17, 15) is 9.59 Å². The Morgan fingerprint density at radius 2 is 1.86 bits per heavy atom. The summed E-state index contributed by atoms with van der Waals surface area (Å²) < 4.78 is 22.9. The normalized spacial score (nSPS) is 18.5. The molecule has 2 atom stereocenters. The largest absolute Gasteiger partial charge is 0.376 e. The van der Waals surface area contributed by atoms with Crippen molar-refractivity contribution in [2.45, 2.75) is 38.0 Å². The Hall–Kier alpha value is -3.95. The fourth-order valence-corrected chi connectivity index (χ4v) is 6.85. The molecule has 1 aromatic heterocycles. The second kappa shape index (κ2) is 12.1. The molecule has 1 saturated heterocycles. The Kier molecular flexibility index (Phi) is 8.13. The molecule has 0 saturated carbocycles. The lowest BCUT2D eigenvalue weighted by atomic mass is 9.99. The molecule has 0 bridgehead atoms. The predicted molar refractivity (Wildman–Crippen MR) is 164 cm³/mol. The molecule has 2 amide bonds. The van der Waals surface area contributed by atoms with E-state index in [0.29, 0.717) is 35.8 Å². The first-order chi connectivity index (χ1) is 20.4. The molecule has 9 heteroatoms. The summed E-state index contributed by atoms with van der Waals surface area (Å²) in [5.41, 5.74) is 5.53. The Balaban J connectivity index is 1.55. The third-order valence-corrected chi connectivity index (χ3v) is 9.22. The van der Waals surface area contributed by atoms with Gasteiger partial charge in [0, 0.05) is 29.8 Å². The van der Waals surface area contributed by atoms with Crippen LogP contribution in [0.1, 0.15) is 40.3 Å². The number of anilines is 1. The van der Waals surface area contributed by atoms with Crippen molar-refractivity contribution in [3.8, 4) is 16.9 Å². The topological polar surface area (TPSA) is 76.5 Å². The van der Waals surface area contributed by atoms with E-state index in [1.807, 2.05) is 62.4 Å². The number of aromatic nitrogens is 2. The smallest absolute Gasteiger partial charge is 0.240 e. The molecule has 42 heavy (non-hydrogen) atoms. The van der Waals surface area contributed by atoms with E-state index in [1.165, 1.54) is 22.7 Å². The van der Waals surface area contributed by atoms with Crippen molar-refractivity contribution >= 4 is 29.4 Å². The van der Waals surface area contributed by atoms with Crippen LogP contribution in [0.25, 0.3) is 16.9 Å². The van der Waals surface area contributed by atoms with Crippen LogP contribution in [0, 0.1) is 19.7 Å². The second-order valence-electron chi connectivity index (χ2n) is 10.7. The Bertz CT molecular complexity index is 1620. The molecule has 0 spiro atoms. The SMILES string of the molecule is Cc1cccc(-n2nc(-c3ccccc3)c3c2N(CC(=O)NCC2CCCO2)C(=O)CSC3c2ccccc2F)c1C. The molecule has 7 nitrogen and oxygen atoms in total. The van der Waals surface area contributed by atoms with Gasteiger partial charge in [-0.2, -0.15) is 5.10 Å². The number of rotatable bonds is 7. The van der Waals surface area contributed by atoms with Gasteiger partial charge in [0.1, 0.15) is 18.2 Å². The van der Waals surface area contributed by atoms with Gasteiger partial charge < -0.3 is 10.1 Å². The molecule has 0 aliphatic carbocycles. The van der Waals surface area contributed by atoms with Gasteiger partial charge in [-0.15, -0.1) is 11.8 Å². The maximum absolute atomic E-state index is 15.4. The Labute approximate surface area is 249 Å². The highest BCUT2D eigenvalue weighted by Crippen LogP contribution is 2.49. The molecule has 4 aromatic rings. The fraction of sp³-hybridized carbons (Fsp3) is 0.303. The third kappa shape index (κ3) is 5.46. The summed E-state index contributed by atoms with van der Waals surface area (Å²) in [4.78, 5) is 28.7. The van der Waals surface area contributed by atoms with Crippen LogP contribution in [0.15, 0.2) is 72.8 Å². The molecule has 216 valence electrons. The number of amides is 2. The van der Waals surface area contributed by atoms with Crippen molar-refractivity contribution in [3.05, 3.63) is 101 Å². The van der Waals surface area contributed by atoms with Crippen LogP contribution in [0.2, 0.25) is 0 Å².